The quantitative estimate of drug-likeness (QED) is 0.680. The minimum Gasteiger partial charge on any atom is -0.497 e. The minimum absolute atomic E-state index is 0.0924. The van der Waals surface area contributed by atoms with E-state index in [1.54, 1.807) is 12.1 Å². The highest BCUT2D eigenvalue weighted by Gasteiger charge is 2.35. The van der Waals surface area contributed by atoms with Crippen LogP contribution in [-0.2, 0) is 6.54 Å². The number of methoxy groups -OCH3 is 1. The van der Waals surface area contributed by atoms with Gasteiger partial charge in [-0.05, 0) is 55.5 Å². The summed E-state index contributed by atoms with van der Waals surface area (Å²) in [6.45, 7) is 15.3. The Bertz CT molecular complexity index is 856. The van der Waals surface area contributed by atoms with Gasteiger partial charge in [-0.25, -0.2) is 0 Å². The Morgan fingerprint density at radius 1 is 1.07 bits per heavy atom. The highest BCUT2D eigenvalue weighted by Crippen LogP contribution is 2.36. The Labute approximate surface area is 175 Å². The molecule has 1 unspecified atom stereocenters. The van der Waals surface area contributed by atoms with Crippen molar-refractivity contribution in [1.29, 1.82) is 0 Å². The van der Waals surface area contributed by atoms with Crippen LogP contribution in [0.5, 0.6) is 5.75 Å². The fourth-order valence-electron chi connectivity index (χ4n) is 4.31. The number of hydrogen-bond donors (Lipinski definition) is 0. The van der Waals surface area contributed by atoms with Crippen molar-refractivity contribution in [2.45, 2.75) is 58.7 Å². The van der Waals surface area contributed by atoms with Gasteiger partial charge < -0.3 is 4.74 Å². The van der Waals surface area contributed by atoms with Crippen molar-refractivity contribution in [3.63, 3.8) is 0 Å². The van der Waals surface area contributed by atoms with Crippen LogP contribution in [0.2, 0.25) is 0 Å². The summed E-state index contributed by atoms with van der Waals surface area (Å²) < 4.78 is 26.7. The Morgan fingerprint density at radius 2 is 1.79 bits per heavy atom. The zero-order valence-corrected chi connectivity index (χ0v) is 17.9. The van der Waals surface area contributed by atoms with Crippen molar-refractivity contribution < 1.29 is 8.85 Å². The molecule has 1 saturated heterocycles. The van der Waals surface area contributed by atoms with Gasteiger partial charge in [-0.3, -0.25) is 9.80 Å². The lowest BCUT2D eigenvalue weighted by atomic mass is 9.88. The van der Waals surface area contributed by atoms with Crippen molar-refractivity contribution in [3.8, 4) is 5.75 Å². The molecule has 0 bridgehead atoms. The normalized spacial score (nSPS) is 21.2. The smallest absolute Gasteiger partial charge is 0.118 e. The number of ether oxygens (including phenoxy) is 1. The topological polar surface area (TPSA) is 15.7 Å². The predicted octanol–water partition coefficient (Wildman–Crippen LogP) is 5.48. The fourth-order valence-corrected chi connectivity index (χ4v) is 4.31. The van der Waals surface area contributed by atoms with E-state index in [4.69, 9.17) is 8.85 Å². The number of benzene rings is 2. The third-order valence-corrected chi connectivity index (χ3v) is 5.75. The Morgan fingerprint density at radius 3 is 2.43 bits per heavy atom. The molecular formula is C25H36N2O. The molecule has 0 aliphatic carbocycles. The second-order valence-corrected chi connectivity index (χ2v) is 9.14. The molecule has 0 aromatic heterocycles. The predicted molar refractivity (Wildman–Crippen MR) is 118 cm³/mol. The highest BCUT2D eigenvalue weighted by atomic mass is 16.5. The number of rotatable bonds is 5. The fraction of sp³-hybridized carbons (Fsp3) is 0.520. The van der Waals surface area contributed by atoms with E-state index in [9.17, 15) is 0 Å². The van der Waals surface area contributed by atoms with Crippen molar-refractivity contribution in [2.24, 2.45) is 0 Å². The standard InChI is InChI=1S/C25H36N2O/c1-19(2)22-9-7-8-10-23(22)24-18-26(15-16-27(24)25(3,4)5)17-20-11-13-21(28-6)14-12-20/h7-14,19,24H,15-18H2,1-6H3/i6D3. The maximum absolute atomic E-state index is 7.25. The summed E-state index contributed by atoms with van der Waals surface area (Å²) in [6.07, 6.45) is 0. The molecule has 1 fully saturated rings. The third-order valence-electron chi connectivity index (χ3n) is 5.75. The molecule has 1 heterocycles. The Hall–Kier alpha value is -1.84. The molecule has 0 spiro atoms. The molecule has 1 aliphatic heterocycles. The summed E-state index contributed by atoms with van der Waals surface area (Å²) in [6, 6.07) is 16.6. The Balaban J connectivity index is 1.79. The van der Waals surface area contributed by atoms with Gasteiger partial charge in [-0.2, -0.15) is 0 Å². The summed E-state index contributed by atoms with van der Waals surface area (Å²) in [5.41, 5.74) is 4.11. The molecule has 0 saturated carbocycles. The van der Waals surface area contributed by atoms with Crippen LogP contribution >= 0.6 is 0 Å². The van der Waals surface area contributed by atoms with Crippen molar-refractivity contribution in [2.75, 3.05) is 26.7 Å². The van der Waals surface area contributed by atoms with Crippen LogP contribution in [0, 0.1) is 0 Å². The van der Waals surface area contributed by atoms with Gasteiger partial charge in [0, 0.05) is 37.8 Å². The summed E-state index contributed by atoms with van der Waals surface area (Å²) in [4.78, 5) is 5.14. The van der Waals surface area contributed by atoms with Crippen LogP contribution in [0.4, 0.5) is 0 Å². The third kappa shape index (κ3) is 4.76. The monoisotopic (exact) mass is 383 g/mol. The average molecular weight is 384 g/mol. The maximum atomic E-state index is 7.25. The molecule has 2 aromatic rings. The highest BCUT2D eigenvalue weighted by molar-refractivity contribution is 5.34. The largest absolute Gasteiger partial charge is 0.497 e. The first-order valence-electron chi connectivity index (χ1n) is 11.8. The first-order chi connectivity index (χ1) is 14.4. The first kappa shape index (κ1) is 17.1. The lowest BCUT2D eigenvalue weighted by molar-refractivity contribution is 0.00554. The lowest BCUT2D eigenvalue weighted by Crippen LogP contribution is -2.55. The van der Waals surface area contributed by atoms with Gasteiger partial charge >= 0.3 is 0 Å². The van der Waals surface area contributed by atoms with Crippen LogP contribution in [0.3, 0.4) is 0 Å². The molecule has 3 heteroatoms. The molecule has 0 N–H and O–H groups in total. The first-order valence-corrected chi connectivity index (χ1v) is 10.3. The molecule has 28 heavy (non-hydrogen) atoms. The van der Waals surface area contributed by atoms with Crippen molar-refractivity contribution in [1.82, 2.24) is 9.80 Å². The lowest BCUT2D eigenvalue weighted by Gasteiger charge is -2.49. The summed E-state index contributed by atoms with van der Waals surface area (Å²) in [5, 5.41) is 0. The summed E-state index contributed by atoms with van der Waals surface area (Å²) in [5.74, 6) is 0.865. The van der Waals surface area contributed by atoms with Gasteiger partial charge in [-0.1, -0.05) is 50.2 Å². The van der Waals surface area contributed by atoms with Crippen LogP contribution in [0.15, 0.2) is 48.5 Å². The second-order valence-electron chi connectivity index (χ2n) is 9.14. The van der Waals surface area contributed by atoms with Gasteiger partial charge in [0.05, 0.1) is 11.2 Å². The Kier molecular flexibility index (Phi) is 5.28. The van der Waals surface area contributed by atoms with E-state index in [0.717, 1.165) is 31.7 Å². The molecule has 2 aromatic carbocycles. The van der Waals surface area contributed by atoms with Gasteiger partial charge in [0.1, 0.15) is 5.75 Å². The summed E-state index contributed by atoms with van der Waals surface area (Å²) in [7, 11) is -2.41. The molecule has 152 valence electrons. The van der Waals surface area contributed by atoms with Gasteiger partial charge in [-0.15, -0.1) is 0 Å². The number of hydrogen-bond acceptors (Lipinski definition) is 3. The second kappa shape index (κ2) is 8.67. The van der Waals surface area contributed by atoms with Crippen LogP contribution in [-0.4, -0.2) is 42.0 Å². The van der Waals surface area contributed by atoms with Crippen molar-refractivity contribution >= 4 is 0 Å². The van der Waals surface area contributed by atoms with Crippen molar-refractivity contribution in [3.05, 3.63) is 65.2 Å². The van der Waals surface area contributed by atoms with E-state index < -0.39 is 7.04 Å². The molecular weight excluding hydrogens is 344 g/mol. The number of nitrogens with zero attached hydrogens (tertiary/aromatic N) is 2. The van der Waals surface area contributed by atoms with E-state index in [1.807, 2.05) is 12.1 Å². The molecule has 3 nitrogen and oxygen atoms in total. The van der Waals surface area contributed by atoms with E-state index in [0.29, 0.717) is 17.7 Å². The van der Waals surface area contributed by atoms with E-state index in [-0.39, 0.29) is 5.54 Å². The zero-order valence-electron chi connectivity index (χ0n) is 20.9. The molecule has 1 aliphatic rings. The van der Waals surface area contributed by atoms with Crippen LogP contribution in [0.1, 0.15) is 67.4 Å². The van der Waals surface area contributed by atoms with E-state index in [1.165, 1.54) is 11.1 Å². The van der Waals surface area contributed by atoms with E-state index >= 15 is 0 Å². The molecule has 0 amide bonds. The number of piperazine rings is 1. The van der Waals surface area contributed by atoms with Gasteiger partial charge in [0.2, 0.25) is 0 Å². The maximum Gasteiger partial charge on any atom is 0.118 e. The zero-order chi connectivity index (χ0) is 22.8. The molecule has 1 atom stereocenters. The van der Waals surface area contributed by atoms with Gasteiger partial charge in [0.15, 0.2) is 0 Å². The molecule has 3 rings (SSSR count). The van der Waals surface area contributed by atoms with Gasteiger partial charge in [0.25, 0.3) is 0 Å². The SMILES string of the molecule is [2H]C([2H])([2H])Oc1ccc(CN2CCN(C(C)(C)C)C(c3ccccc3C(C)C)C2)cc1. The molecule has 0 radical (unpaired) electrons. The minimum atomic E-state index is -2.41. The average Bonchev–Trinajstić information content (AvgIpc) is 2.67. The van der Waals surface area contributed by atoms with Crippen LogP contribution < -0.4 is 4.74 Å². The van der Waals surface area contributed by atoms with E-state index in [2.05, 4.69) is 68.7 Å². The van der Waals surface area contributed by atoms with Crippen LogP contribution in [0.25, 0.3) is 0 Å². The summed E-state index contributed by atoms with van der Waals surface area (Å²) >= 11 is 0.